The third-order valence-corrected chi connectivity index (χ3v) is 8.85. The van der Waals surface area contributed by atoms with Crippen molar-refractivity contribution in [2.45, 2.75) is 71.0 Å². The number of carboxylic acid groups (broad SMARTS) is 1. The number of aromatic nitrogens is 2. The molecule has 1 amide bonds. The van der Waals surface area contributed by atoms with Crippen LogP contribution < -0.4 is 0 Å². The molecule has 0 bridgehead atoms. The molecule has 1 aromatic carbocycles. The zero-order valence-corrected chi connectivity index (χ0v) is 23.5. The van der Waals surface area contributed by atoms with Gasteiger partial charge in [-0.2, -0.15) is 18.3 Å². The number of carboxylic acids is 1. The summed E-state index contributed by atoms with van der Waals surface area (Å²) in [6.07, 6.45) is -1.17. The van der Waals surface area contributed by atoms with Gasteiger partial charge in [0, 0.05) is 6.54 Å². The van der Waals surface area contributed by atoms with Gasteiger partial charge in [-0.25, -0.2) is 4.39 Å². The molecule has 2 saturated carbocycles. The number of ketones is 1. The van der Waals surface area contributed by atoms with Crippen LogP contribution in [-0.2, 0) is 11.0 Å². The molecule has 218 valence electrons. The largest absolute Gasteiger partial charge is 0.481 e. The lowest BCUT2D eigenvalue weighted by atomic mass is 9.70. The number of amides is 1. The molecule has 7 nitrogen and oxygen atoms in total. The Morgan fingerprint density at radius 3 is 2.15 bits per heavy atom. The summed E-state index contributed by atoms with van der Waals surface area (Å²) in [5.41, 5.74) is -3.61. The van der Waals surface area contributed by atoms with Gasteiger partial charge in [-0.1, -0.05) is 36.5 Å². The Balaban J connectivity index is 1.68. The first-order valence-electron chi connectivity index (χ1n) is 12.9. The topological polar surface area (TPSA) is 92.5 Å². The SMILES string of the molecule is CC1(CN(CC(=O)c2c(Cl)cc(F)cc2Cl)C(=O)c2cnn([C@H]3CC[C@](C)(C(=O)O)CC3)c2C(F)(F)F)CCC1. The summed E-state index contributed by atoms with van der Waals surface area (Å²) in [6.45, 7) is 2.83. The average molecular weight is 606 g/mol. The molecule has 1 heterocycles. The molecule has 2 aliphatic rings. The van der Waals surface area contributed by atoms with Crippen molar-refractivity contribution in [2.75, 3.05) is 13.1 Å². The van der Waals surface area contributed by atoms with Gasteiger partial charge in [0.15, 0.2) is 11.5 Å². The standard InChI is InChI=1S/C27H29Cl2F4N3O4/c1-25(6-3-7-25)14-35(13-20(37)21-18(28)10-15(30)11-19(21)29)23(38)17-12-34-36(22(17)27(31,32)33)16-4-8-26(2,9-5-16)24(39)40/h10-12,16H,3-9,13-14H2,1-2H3,(H,39,40)/t16-,26-. The maximum atomic E-state index is 14.4. The summed E-state index contributed by atoms with van der Waals surface area (Å²) in [5.74, 6) is -3.55. The van der Waals surface area contributed by atoms with Crippen LogP contribution in [0.1, 0.15) is 91.2 Å². The van der Waals surface area contributed by atoms with Crippen molar-refractivity contribution in [2.24, 2.45) is 10.8 Å². The molecule has 2 aromatic rings. The Morgan fingerprint density at radius 1 is 1.10 bits per heavy atom. The van der Waals surface area contributed by atoms with Crippen LogP contribution in [0.5, 0.6) is 0 Å². The van der Waals surface area contributed by atoms with Crippen LogP contribution in [0.2, 0.25) is 10.0 Å². The molecule has 2 aliphatic carbocycles. The van der Waals surface area contributed by atoms with Crippen molar-refractivity contribution in [1.29, 1.82) is 0 Å². The highest BCUT2D eigenvalue weighted by Crippen LogP contribution is 2.44. The fraction of sp³-hybridized carbons (Fsp3) is 0.556. The van der Waals surface area contributed by atoms with Gasteiger partial charge in [0.25, 0.3) is 5.91 Å². The Kier molecular flexibility index (Phi) is 8.31. The zero-order chi connectivity index (χ0) is 29.6. The van der Waals surface area contributed by atoms with Crippen LogP contribution in [0.25, 0.3) is 0 Å². The number of rotatable bonds is 8. The average Bonchev–Trinajstić information content (AvgIpc) is 3.28. The molecular formula is C27H29Cl2F4N3O4. The summed E-state index contributed by atoms with van der Waals surface area (Å²) in [4.78, 5) is 39.6. The van der Waals surface area contributed by atoms with E-state index < -0.39 is 64.3 Å². The van der Waals surface area contributed by atoms with Gasteiger partial charge in [0.05, 0.1) is 45.4 Å². The molecule has 0 radical (unpaired) electrons. The Labute approximate surface area is 238 Å². The molecular weight excluding hydrogens is 577 g/mol. The van der Waals surface area contributed by atoms with Gasteiger partial charge < -0.3 is 10.0 Å². The van der Waals surface area contributed by atoms with Gasteiger partial charge >= 0.3 is 12.1 Å². The number of aliphatic carboxylic acids is 1. The van der Waals surface area contributed by atoms with Crippen LogP contribution in [0, 0.1) is 16.6 Å². The lowest BCUT2D eigenvalue weighted by Gasteiger charge is -2.42. The third-order valence-electron chi connectivity index (χ3n) is 8.26. The number of hydrogen-bond donors (Lipinski definition) is 1. The van der Waals surface area contributed by atoms with E-state index in [1.54, 1.807) is 6.92 Å². The lowest BCUT2D eigenvalue weighted by Crippen LogP contribution is -2.46. The molecule has 0 unspecified atom stereocenters. The second-order valence-corrected chi connectivity index (χ2v) is 12.3. The second-order valence-electron chi connectivity index (χ2n) is 11.4. The molecule has 1 N–H and O–H groups in total. The summed E-state index contributed by atoms with van der Waals surface area (Å²) in [7, 11) is 0. The maximum Gasteiger partial charge on any atom is 0.433 e. The molecule has 1 aromatic heterocycles. The van der Waals surface area contributed by atoms with Gasteiger partial charge in [0.1, 0.15) is 5.82 Å². The van der Waals surface area contributed by atoms with E-state index in [-0.39, 0.29) is 47.8 Å². The first kappa shape index (κ1) is 30.3. The van der Waals surface area contributed by atoms with E-state index in [0.717, 1.165) is 47.2 Å². The van der Waals surface area contributed by atoms with Crippen molar-refractivity contribution in [3.8, 4) is 0 Å². The molecule has 4 rings (SSSR count). The summed E-state index contributed by atoms with van der Waals surface area (Å²) >= 11 is 12.1. The van der Waals surface area contributed by atoms with Gasteiger partial charge in [-0.15, -0.1) is 0 Å². The molecule has 0 aliphatic heterocycles. The Hall–Kier alpha value is -2.66. The number of nitrogens with zero attached hydrogens (tertiary/aromatic N) is 3. The van der Waals surface area contributed by atoms with Gasteiger partial charge in [-0.05, 0) is 63.0 Å². The first-order chi connectivity index (χ1) is 18.5. The van der Waals surface area contributed by atoms with Gasteiger partial charge in [0.2, 0.25) is 0 Å². The number of Topliss-reactive ketones (excluding diaryl/α,β-unsaturated/α-hetero) is 1. The van der Waals surface area contributed by atoms with E-state index in [1.807, 2.05) is 6.92 Å². The van der Waals surface area contributed by atoms with Crippen LogP contribution in [-0.4, -0.2) is 50.5 Å². The van der Waals surface area contributed by atoms with Crippen LogP contribution in [0.15, 0.2) is 18.3 Å². The van der Waals surface area contributed by atoms with Crippen molar-refractivity contribution < 1.29 is 37.1 Å². The maximum absolute atomic E-state index is 14.4. The quantitative estimate of drug-likeness (QED) is 0.257. The van der Waals surface area contributed by atoms with Crippen molar-refractivity contribution in [1.82, 2.24) is 14.7 Å². The fourth-order valence-corrected chi connectivity index (χ4v) is 6.28. The smallest absolute Gasteiger partial charge is 0.433 e. The predicted octanol–water partition coefficient (Wildman–Crippen LogP) is 7.07. The Morgan fingerprint density at radius 2 is 1.68 bits per heavy atom. The van der Waals surface area contributed by atoms with Crippen LogP contribution in [0.4, 0.5) is 17.6 Å². The number of carbonyl (C=O) groups excluding carboxylic acids is 2. The minimum absolute atomic E-state index is 0.0108. The molecule has 0 spiro atoms. The molecule has 2 fully saturated rings. The normalized spacial score (nSPS) is 22.4. The van der Waals surface area contributed by atoms with Crippen molar-refractivity contribution in [3.63, 3.8) is 0 Å². The lowest BCUT2D eigenvalue weighted by molar-refractivity contribution is -0.152. The van der Waals surface area contributed by atoms with E-state index in [4.69, 9.17) is 23.2 Å². The number of halogens is 6. The third kappa shape index (κ3) is 6.00. The predicted molar refractivity (Wildman–Crippen MR) is 139 cm³/mol. The molecule has 40 heavy (non-hydrogen) atoms. The summed E-state index contributed by atoms with van der Waals surface area (Å²) in [5, 5.41) is 12.9. The monoisotopic (exact) mass is 605 g/mol. The highest BCUT2D eigenvalue weighted by molar-refractivity contribution is 6.40. The fourth-order valence-electron chi connectivity index (χ4n) is 5.61. The minimum Gasteiger partial charge on any atom is -0.481 e. The number of alkyl halides is 3. The highest BCUT2D eigenvalue weighted by atomic mass is 35.5. The molecule has 0 atom stereocenters. The number of benzene rings is 1. The van der Waals surface area contributed by atoms with E-state index in [1.165, 1.54) is 0 Å². The highest BCUT2D eigenvalue weighted by Gasteiger charge is 2.46. The number of hydrogen-bond acceptors (Lipinski definition) is 4. The van der Waals surface area contributed by atoms with Crippen molar-refractivity contribution in [3.05, 3.63) is 51.0 Å². The Bertz CT molecular complexity index is 1310. The van der Waals surface area contributed by atoms with E-state index in [0.29, 0.717) is 0 Å². The number of carbonyl (C=O) groups is 3. The van der Waals surface area contributed by atoms with E-state index >= 15 is 0 Å². The van der Waals surface area contributed by atoms with Crippen LogP contribution >= 0.6 is 23.2 Å². The zero-order valence-electron chi connectivity index (χ0n) is 22.0. The van der Waals surface area contributed by atoms with E-state index in [2.05, 4.69) is 5.10 Å². The van der Waals surface area contributed by atoms with Crippen molar-refractivity contribution >= 4 is 40.9 Å². The summed E-state index contributed by atoms with van der Waals surface area (Å²) < 4.78 is 57.7. The van der Waals surface area contributed by atoms with Gasteiger partial charge in [-0.3, -0.25) is 19.1 Å². The van der Waals surface area contributed by atoms with E-state index in [9.17, 15) is 37.1 Å². The van der Waals surface area contributed by atoms with Crippen LogP contribution in [0.3, 0.4) is 0 Å². The second kappa shape index (κ2) is 11.0. The minimum atomic E-state index is -4.95. The molecule has 13 heteroatoms. The first-order valence-corrected chi connectivity index (χ1v) is 13.7. The summed E-state index contributed by atoms with van der Waals surface area (Å²) in [6, 6.07) is 1.04. The molecule has 0 saturated heterocycles.